The lowest BCUT2D eigenvalue weighted by atomic mass is 10.1. The number of methoxy groups -OCH3 is 3. The summed E-state index contributed by atoms with van der Waals surface area (Å²) >= 11 is 0. The fraction of sp³-hybridized carbons (Fsp3) is 0.207. The number of benzene rings is 3. The number of hydrogen-bond acceptors (Lipinski definition) is 4. The van der Waals surface area contributed by atoms with Crippen LogP contribution >= 0.6 is 0 Å². The van der Waals surface area contributed by atoms with E-state index in [1.165, 1.54) is 0 Å². The zero-order valence-electron chi connectivity index (χ0n) is 20.5. The van der Waals surface area contributed by atoms with E-state index in [1.807, 2.05) is 85.8 Å². The summed E-state index contributed by atoms with van der Waals surface area (Å²) in [5.74, 6) is 2.02. The quantitative estimate of drug-likeness (QED) is 0.353. The fourth-order valence-electron chi connectivity index (χ4n) is 4.19. The van der Waals surface area contributed by atoms with Gasteiger partial charge in [-0.05, 0) is 61.4 Å². The summed E-state index contributed by atoms with van der Waals surface area (Å²) < 4.78 is 18.2. The monoisotopic (exact) mass is 470 g/mol. The molecular weight excluding hydrogens is 440 g/mol. The molecule has 0 aliphatic rings. The topological polar surface area (TPSA) is 61.7 Å². The number of nitrogens with zero attached hydrogens (tertiary/aromatic N) is 1. The minimum atomic E-state index is -0.109. The van der Waals surface area contributed by atoms with Crippen LogP contribution < -0.4 is 19.5 Å². The highest BCUT2D eigenvalue weighted by Gasteiger charge is 2.20. The van der Waals surface area contributed by atoms with Gasteiger partial charge in [0, 0.05) is 23.5 Å². The van der Waals surface area contributed by atoms with Crippen LogP contribution in [0.15, 0.2) is 78.9 Å². The lowest BCUT2D eigenvalue weighted by Gasteiger charge is -2.13. The summed E-state index contributed by atoms with van der Waals surface area (Å²) in [6, 6.07) is 25.6. The molecule has 1 heterocycles. The van der Waals surface area contributed by atoms with Crippen LogP contribution in [-0.4, -0.2) is 38.3 Å². The van der Waals surface area contributed by atoms with Crippen LogP contribution in [0.4, 0.5) is 0 Å². The second-order valence-corrected chi connectivity index (χ2v) is 8.13. The maximum absolute atomic E-state index is 13.2. The van der Waals surface area contributed by atoms with Crippen LogP contribution in [0.25, 0.3) is 16.9 Å². The van der Waals surface area contributed by atoms with Crippen molar-refractivity contribution in [1.82, 2.24) is 9.88 Å². The van der Waals surface area contributed by atoms with E-state index >= 15 is 0 Å². The first-order valence-electron chi connectivity index (χ1n) is 11.5. The van der Waals surface area contributed by atoms with E-state index in [2.05, 4.69) is 9.88 Å². The lowest BCUT2D eigenvalue weighted by molar-refractivity contribution is 0.0953. The Kier molecular flexibility index (Phi) is 7.41. The average molecular weight is 471 g/mol. The molecule has 1 amide bonds. The van der Waals surface area contributed by atoms with E-state index in [4.69, 9.17) is 14.2 Å². The Morgan fingerprint density at radius 1 is 0.829 bits per heavy atom. The third-order valence-electron chi connectivity index (χ3n) is 6.02. The molecule has 180 valence electrons. The maximum Gasteiger partial charge on any atom is 0.253 e. The van der Waals surface area contributed by atoms with E-state index in [0.29, 0.717) is 30.0 Å². The van der Waals surface area contributed by atoms with Gasteiger partial charge in [-0.3, -0.25) is 4.79 Å². The normalized spacial score (nSPS) is 10.6. The number of carbonyl (C=O) groups excluding carboxylic acids is 1. The van der Waals surface area contributed by atoms with Gasteiger partial charge in [-0.15, -0.1) is 0 Å². The number of amides is 1. The van der Waals surface area contributed by atoms with Gasteiger partial charge in [0.25, 0.3) is 5.91 Å². The molecule has 0 unspecified atom stereocenters. The van der Waals surface area contributed by atoms with Gasteiger partial charge in [0.2, 0.25) is 0 Å². The maximum atomic E-state index is 13.2. The van der Waals surface area contributed by atoms with Crippen molar-refractivity contribution in [3.05, 3.63) is 95.7 Å². The summed E-state index contributed by atoms with van der Waals surface area (Å²) in [4.78, 5) is 13.2. The van der Waals surface area contributed by atoms with Gasteiger partial charge in [-0.2, -0.15) is 0 Å². The number of hydrogen-bond donors (Lipinski definition) is 1. The first-order chi connectivity index (χ1) is 17.0. The van der Waals surface area contributed by atoms with Crippen LogP contribution in [0, 0.1) is 6.92 Å². The highest BCUT2D eigenvalue weighted by Crippen LogP contribution is 2.31. The molecule has 0 aliphatic heterocycles. The zero-order chi connectivity index (χ0) is 24.8. The summed E-state index contributed by atoms with van der Waals surface area (Å²) in [6.45, 7) is 2.47. The third kappa shape index (κ3) is 5.17. The summed E-state index contributed by atoms with van der Waals surface area (Å²) in [5, 5.41) is 3.07. The second-order valence-electron chi connectivity index (χ2n) is 8.13. The third-order valence-corrected chi connectivity index (χ3v) is 6.02. The molecule has 0 fully saturated rings. The molecule has 0 bridgehead atoms. The first kappa shape index (κ1) is 24.0. The van der Waals surface area contributed by atoms with E-state index in [1.54, 1.807) is 21.3 Å². The van der Waals surface area contributed by atoms with Crippen molar-refractivity contribution >= 4 is 5.91 Å². The Balaban J connectivity index is 1.60. The SMILES string of the molecule is COc1cccc(-c2cc(C(=O)NCCc3ccc(OC)c(OC)c3)c(C)n2-c2ccccc2)c1. The fourth-order valence-corrected chi connectivity index (χ4v) is 4.19. The Hall–Kier alpha value is -4.19. The molecule has 4 aromatic rings. The zero-order valence-corrected chi connectivity index (χ0v) is 20.5. The van der Waals surface area contributed by atoms with Gasteiger partial charge in [0.05, 0.1) is 32.6 Å². The van der Waals surface area contributed by atoms with Crippen LogP contribution in [0.5, 0.6) is 17.2 Å². The van der Waals surface area contributed by atoms with Crippen molar-refractivity contribution in [3.63, 3.8) is 0 Å². The van der Waals surface area contributed by atoms with Gasteiger partial charge in [-0.25, -0.2) is 0 Å². The van der Waals surface area contributed by atoms with Crippen molar-refractivity contribution in [2.24, 2.45) is 0 Å². The molecule has 0 atom stereocenters. The van der Waals surface area contributed by atoms with E-state index in [0.717, 1.165) is 34.0 Å². The predicted molar refractivity (Wildman–Crippen MR) is 138 cm³/mol. The minimum Gasteiger partial charge on any atom is -0.497 e. The summed E-state index contributed by atoms with van der Waals surface area (Å²) in [5.41, 5.74) is 5.46. The second kappa shape index (κ2) is 10.8. The summed E-state index contributed by atoms with van der Waals surface area (Å²) in [6.07, 6.45) is 0.674. The molecule has 0 saturated carbocycles. The molecule has 3 aromatic carbocycles. The van der Waals surface area contributed by atoms with E-state index in [9.17, 15) is 4.79 Å². The summed E-state index contributed by atoms with van der Waals surface area (Å²) in [7, 11) is 4.88. The Labute approximate surface area is 206 Å². The molecule has 0 saturated heterocycles. The largest absolute Gasteiger partial charge is 0.497 e. The highest BCUT2D eigenvalue weighted by atomic mass is 16.5. The Morgan fingerprint density at radius 3 is 2.31 bits per heavy atom. The van der Waals surface area contributed by atoms with Crippen molar-refractivity contribution in [2.45, 2.75) is 13.3 Å². The van der Waals surface area contributed by atoms with Crippen molar-refractivity contribution in [1.29, 1.82) is 0 Å². The van der Waals surface area contributed by atoms with E-state index in [-0.39, 0.29) is 5.91 Å². The van der Waals surface area contributed by atoms with Crippen LogP contribution in [0.3, 0.4) is 0 Å². The molecule has 6 nitrogen and oxygen atoms in total. The van der Waals surface area contributed by atoms with Crippen molar-refractivity contribution in [3.8, 4) is 34.2 Å². The molecule has 0 radical (unpaired) electrons. The highest BCUT2D eigenvalue weighted by molar-refractivity contribution is 5.97. The number of aromatic nitrogens is 1. The molecule has 1 aromatic heterocycles. The van der Waals surface area contributed by atoms with Crippen LogP contribution in [-0.2, 0) is 6.42 Å². The number of ether oxygens (including phenoxy) is 3. The standard InChI is InChI=1S/C29H30N2O4/c1-20-25(29(32)30-16-15-21-13-14-27(34-3)28(17-21)35-4)19-26(22-9-8-12-24(18-22)33-2)31(20)23-10-6-5-7-11-23/h5-14,17-19H,15-16H2,1-4H3,(H,30,32). The Bertz CT molecular complexity index is 1310. The molecule has 0 spiro atoms. The van der Waals surface area contributed by atoms with Crippen LogP contribution in [0.2, 0.25) is 0 Å². The average Bonchev–Trinajstić information content (AvgIpc) is 3.26. The number of carbonyl (C=O) groups is 1. The first-order valence-corrected chi connectivity index (χ1v) is 11.5. The van der Waals surface area contributed by atoms with Gasteiger partial charge >= 0.3 is 0 Å². The van der Waals surface area contributed by atoms with Crippen molar-refractivity contribution in [2.75, 3.05) is 27.9 Å². The van der Waals surface area contributed by atoms with Gasteiger partial charge in [0.15, 0.2) is 11.5 Å². The van der Waals surface area contributed by atoms with Crippen molar-refractivity contribution < 1.29 is 19.0 Å². The molecule has 0 aliphatic carbocycles. The van der Waals surface area contributed by atoms with Gasteiger partial charge < -0.3 is 24.1 Å². The van der Waals surface area contributed by atoms with Gasteiger partial charge in [0.1, 0.15) is 5.75 Å². The number of para-hydroxylation sites is 1. The molecule has 1 N–H and O–H groups in total. The van der Waals surface area contributed by atoms with Crippen LogP contribution in [0.1, 0.15) is 21.6 Å². The molecule has 4 rings (SSSR count). The lowest BCUT2D eigenvalue weighted by Crippen LogP contribution is -2.26. The van der Waals surface area contributed by atoms with E-state index < -0.39 is 0 Å². The number of rotatable bonds is 9. The Morgan fingerprint density at radius 2 is 1.60 bits per heavy atom. The minimum absolute atomic E-state index is 0.109. The van der Waals surface area contributed by atoms with Gasteiger partial charge in [-0.1, -0.05) is 36.4 Å². The predicted octanol–water partition coefficient (Wildman–Crippen LogP) is 5.45. The smallest absolute Gasteiger partial charge is 0.253 e. The molecule has 35 heavy (non-hydrogen) atoms. The molecular formula is C29H30N2O4. The number of nitrogens with one attached hydrogen (secondary N) is 1. The molecule has 6 heteroatoms.